The van der Waals surface area contributed by atoms with Crippen LogP contribution in [0.4, 0.5) is 17.6 Å². The van der Waals surface area contributed by atoms with Crippen molar-refractivity contribution in [2.75, 3.05) is 19.3 Å². The van der Waals surface area contributed by atoms with Gasteiger partial charge in [-0.05, 0) is 88.9 Å². The second-order valence-electron chi connectivity index (χ2n) is 11.4. The molecule has 0 spiro atoms. The normalized spacial score (nSPS) is 23.7. The zero-order chi connectivity index (χ0) is 31.1. The van der Waals surface area contributed by atoms with Crippen LogP contribution in [-0.2, 0) is 20.8 Å². The minimum Gasteiger partial charge on any atom is -0.366 e. The number of nitrogens with two attached hydrogens (primary N) is 1. The fourth-order valence-corrected chi connectivity index (χ4v) is 8.05. The van der Waals surface area contributed by atoms with Crippen molar-refractivity contribution >= 4 is 33.3 Å². The van der Waals surface area contributed by atoms with Gasteiger partial charge in [-0.15, -0.1) is 0 Å². The first kappa shape index (κ1) is 32.2. The van der Waals surface area contributed by atoms with Crippen LogP contribution in [0.25, 0.3) is 0 Å². The first-order valence-electron chi connectivity index (χ1n) is 13.7. The lowest BCUT2D eigenvalue weighted by Crippen LogP contribution is -2.51. The molecule has 2 amide bonds. The number of hydrogen-bond acceptors (Lipinski definition) is 5. The van der Waals surface area contributed by atoms with Gasteiger partial charge in [-0.25, -0.2) is 12.8 Å². The molecule has 1 aliphatic heterocycles. The molecule has 1 saturated carbocycles. The number of nitrogens with zero attached hydrogens (tertiary/aromatic N) is 2. The molecule has 2 N–H and O–H groups in total. The van der Waals surface area contributed by atoms with Gasteiger partial charge in [-0.1, -0.05) is 11.6 Å². The molecule has 0 aromatic heterocycles. The third-order valence-corrected chi connectivity index (χ3v) is 10.7. The summed E-state index contributed by atoms with van der Waals surface area (Å²) >= 11 is 5.94. The summed E-state index contributed by atoms with van der Waals surface area (Å²) in [7, 11) is -1.81. The Bertz CT molecular complexity index is 1450. The smallest absolute Gasteiger partial charge is 0.366 e. The molecule has 230 valence electrons. The molecule has 1 heterocycles. The second-order valence-corrected chi connectivity index (χ2v) is 13.9. The molecule has 0 unspecified atom stereocenters. The SMILES string of the molecule is CC(C)N(C)[C@@H]1CC[C@H](N2CC[C@@H](c3c(F)cc(C(F)(F)F)cc3C(N)=O)C2=O)[C@H](CS(=O)(=O)c2ccc(Cl)cc2)C1. The molecule has 2 aliphatic rings. The van der Waals surface area contributed by atoms with E-state index in [0.29, 0.717) is 30.4 Å². The maximum Gasteiger partial charge on any atom is 0.416 e. The summed E-state index contributed by atoms with van der Waals surface area (Å²) in [6.45, 7) is 4.21. The van der Waals surface area contributed by atoms with E-state index >= 15 is 4.39 Å². The summed E-state index contributed by atoms with van der Waals surface area (Å²) in [6.07, 6.45) is -3.21. The standard InChI is InChI=1S/C29H34ClF4N3O4S/c1-16(2)36(3)20-6-9-25(17(12-20)15-42(40,41)21-7-4-19(30)5-8-21)37-11-10-22(28(37)39)26-23(27(35)38)13-18(14-24(26)31)29(32,33)34/h4-5,7-8,13-14,16-17,20,22,25H,6,9-12,15H2,1-3H3,(H2,35,38)/t17-,20+,22-,25-/m0/s1. The predicted octanol–water partition coefficient (Wildman–Crippen LogP) is 5.26. The Kier molecular flexibility index (Phi) is 9.30. The van der Waals surface area contributed by atoms with Gasteiger partial charge in [-0.3, -0.25) is 9.59 Å². The van der Waals surface area contributed by atoms with E-state index in [1.807, 2.05) is 20.9 Å². The Morgan fingerprint density at radius 3 is 2.36 bits per heavy atom. The lowest BCUT2D eigenvalue weighted by Gasteiger charge is -2.44. The maximum atomic E-state index is 15.2. The Labute approximate surface area is 247 Å². The molecular formula is C29H34ClF4N3O4S. The van der Waals surface area contributed by atoms with Gasteiger partial charge < -0.3 is 15.5 Å². The molecule has 13 heteroatoms. The second kappa shape index (κ2) is 12.1. The quantitative estimate of drug-likeness (QED) is 0.401. The maximum absolute atomic E-state index is 15.2. The fourth-order valence-electron chi connectivity index (χ4n) is 6.26. The van der Waals surface area contributed by atoms with Crippen molar-refractivity contribution in [2.24, 2.45) is 11.7 Å². The molecule has 2 fully saturated rings. The summed E-state index contributed by atoms with van der Waals surface area (Å²) in [6, 6.07) is 6.36. The summed E-state index contributed by atoms with van der Waals surface area (Å²) in [4.78, 5) is 29.7. The first-order chi connectivity index (χ1) is 19.5. The largest absolute Gasteiger partial charge is 0.416 e. The van der Waals surface area contributed by atoms with Crippen LogP contribution in [-0.4, -0.2) is 67.5 Å². The summed E-state index contributed by atoms with van der Waals surface area (Å²) in [5, 5.41) is 0.391. The topological polar surface area (TPSA) is 101 Å². The third-order valence-electron chi connectivity index (χ3n) is 8.62. The molecule has 1 saturated heterocycles. The lowest BCUT2D eigenvalue weighted by molar-refractivity contribution is -0.137. The van der Waals surface area contributed by atoms with Crippen LogP contribution in [0.1, 0.15) is 66.9 Å². The van der Waals surface area contributed by atoms with E-state index in [-0.39, 0.29) is 41.8 Å². The van der Waals surface area contributed by atoms with Gasteiger partial charge in [0.15, 0.2) is 9.84 Å². The van der Waals surface area contributed by atoms with Crippen molar-refractivity contribution in [3.8, 4) is 0 Å². The molecule has 2 aromatic carbocycles. The van der Waals surface area contributed by atoms with Gasteiger partial charge in [-0.2, -0.15) is 13.2 Å². The molecular weight excluding hydrogens is 598 g/mol. The highest BCUT2D eigenvalue weighted by Gasteiger charge is 2.46. The van der Waals surface area contributed by atoms with Crippen molar-refractivity contribution in [3.63, 3.8) is 0 Å². The van der Waals surface area contributed by atoms with Gasteiger partial charge in [0.25, 0.3) is 0 Å². The minimum absolute atomic E-state index is 0.0455. The number of halogens is 5. The van der Waals surface area contributed by atoms with Crippen molar-refractivity contribution in [2.45, 2.75) is 74.6 Å². The average Bonchev–Trinajstić information content (AvgIpc) is 3.27. The average molecular weight is 632 g/mol. The number of hydrogen-bond donors (Lipinski definition) is 1. The number of alkyl halides is 3. The Morgan fingerprint density at radius 1 is 1.14 bits per heavy atom. The highest BCUT2D eigenvalue weighted by molar-refractivity contribution is 7.91. The van der Waals surface area contributed by atoms with Crippen LogP contribution < -0.4 is 5.73 Å². The summed E-state index contributed by atoms with van der Waals surface area (Å²) in [5.74, 6) is -5.10. The Hall–Kier alpha value is -2.70. The van der Waals surface area contributed by atoms with Crippen molar-refractivity contribution in [3.05, 3.63) is 63.9 Å². The van der Waals surface area contributed by atoms with Crippen LogP contribution >= 0.6 is 11.6 Å². The number of amides is 2. The van der Waals surface area contributed by atoms with Gasteiger partial charge >= 0.3 is 6.18 Å². The van der Waals surface area contributed by atoms with Crippen LogP contribution in [0, 0.1) is 11.7 Å². The van der Waals surface area contributed by atoms with Gasteiger partial charge in [0.1, 0.15) is 5.82 Å². The van der Waals surface area contributed by atoms with E-state index in [4.69, 9.17) is 17.3 Å². The van der Waals surface area contributed by atoms with Crippen LogP contribution in [0.5, 0.6) is 0 Å². The van der Waals surface area contributed by atoms with E-state index in [1.165, 1.54) is 29.2 Å². The van der Waals surface area contributed by atoms with Gasteiger partial charge in [0, 0.05) is 40.8 Å². The number of sulfone groups is 1. The molecule has 4 atom stereocenters. The zero-order valence-corrected chi connectivity index (χ0v) is 25.1. The highest BCUT2D eigenvalue weighted by atomic mass is 35.5. The van der Waals surface area contributed by atoms with E-state index in [0.717, 1.165) is 0 Å². The lowest BCUT2D eigenvalue weighted by atomic mass is 9.80. The number of benzene rings is 2. The van der Waals surface area contributed by atoms with E-state index in [2.05, 4.69) is 4.90 Å². The summed E-state index contributed by atoms with van der Waals surface area (Å²) in [5.41, 5.74) is 2.81. The highest BCUT2D eigenvalue weighted by Crippen LogP contribution is 2.41. The van der Waals surface area contributed by atoms with E-state index in [9.17, 15) is 31.2 Å². The van der Waals surface area contributed by atoms with Crippen molar-refractivity contribution in [1.82, 2.24) is 9.80 Å². The molecule has 1 aliphatic carbocycles. The van der Waals surface area contributed by atoms with Crippen molar-refractivity contribution < 1.29 is 35.6 Å². The van der Waals surface area contributed by atoms with E-state index < -0.39 is 68.2 Å². The molecule has 4 rings (SSSR count). The third kappa shape index (κ3) is 6.60. The first-order valence-corrected chi connectivity index (χ1v) is 15.8. The number of likely N-dealkylation sites (tertiary alicyclic amines) is 1. The minimum atomic E-state index is -4.92. The zero-order valence-electron chi connectivity index (χ0n) is 23.5. The van der Waals surface area contributed by atoms with Gasteiger partial charge in [0.2, 0.25) is 11.8 Å². The Balaban J connectivity index is 1.67. The number of primary amides is 1. The fraction of sp³-hybridized carbons (Fsp3) is 0.517. The van der Waals surface area contributed by atoms with E-state index in [1.54, 1.807) is 0 Å². The molecule has 42 heavy (non-hydrogen) atoms. The van der Waals surface area contributed by atoms with Crippen LogP contribution in [0.2, 0.25) is 5.02 Å². The number of carbonyl (C=O) groups is 2. The number of carbonyl (C=O) groups excluding carboxylic acids is 2. The molecule has 0 bridgehead atoms. The van der Waals surface area contributed by atoms with Crippen molar-refractivity contribution in [1.29, 1.82) is 0 Å². The molecule has 2 aromatic rings. The van der Waals surface area contributed by atoms with Crippen LogP contribution in [0.3, 0.4) is 0 Å². The Morgan fingerprint density at radius 2 is 1.79 bits per heavy atom. The molecule has 7 nitrogen and oxygen atoms in total. The monoisotopic (exact) mass is 631 g/mol. The van der Waals surface area contributed by atoms with Gasteiger partial charge in [0.05, 0.1) is 22.1 Å². The van der Waals surface area contributed by atoms with Crippen LogP contribution in [0.15, 0.2) is 41.3 Å². The molecule has 0 radical (unpaired) electrons. The number of rotatable bonds is 8. The summed E-state index contributed by atoms with van der Waals surface area (Å²) < 4.78 is 82.0. The predicted molar refractivity (Wildman–Crippen MR) is 150 cm³/mol.